The molecule has 5 nitrogen and oxygen atoms in total. The number of hydrogen-bond donors (Lipinski definition) is 0. The van der Waals surface area contributed by atoms with Crippen molar-refractivity contribution in [2.24, 2.45) is 5.92 Å². The van der Waals surface area contributed by atoms with Gasteiger partial charge in [-0.25, -0.2) is 4.52 Å². The maximum absolute atomic E-state index is 13.9. The van der Waals surface area contributed by atoms with Gasteiger partial charge in [0.15, 0.2) is 0 Å². The van der Waals surface area contributed by atoms with Crippen molar-refractivity contribution in [3.8, 4) is 0 Å². The summed E-state index contributed by atoms with van der Waals surface area (Å²) in [4.78, 5) is 16.0. The van der Waals surface area contributed by atoms with Crippen LogP contribution in [0.3, 0.4) is 0 Å². The lowest BCUT2D eigenvalue weighted by Gasteiger charge is -2.35. The van der Waals surface area contributed by atoms with Gasteiger partial charge in [0, 0.05) is 31.4 Å². The Morgan fingerprint density at radius 3 is 2.77 bits per heavy atom. The Bertz CT molecular complexity index is 1010. The van der Waals surface area contributed by atoms with E-state index in [-0.39, 0.29) is 11.3 Å². The third kappa shape index (κ3) is 3.52. The molecule has 0 radical (unpaired) electrons. The molecule has 1 amide bonds. The molecule has 0 N–H and O–H groups in total. The van der Waals surface area contributed by atoms with E-state index in [0.717, 1.165) is 44.2 Å². The molecular weight excluding hydrogens is 374 g/mol. The van der Waals surface area contributed by atoms with Crippen LogP contribution in [0.15, 0.2) is 60.9 Å². The number of rotatable bonds is 4. The predicted molar refractivity (Wildman–Crippen MR) is 116 cm³/mol. The molecular formula is C25H29N3O2. The lowest BCUT2D eigenvalue weighted by Crippen LogP contribution is -2.47. The zero-order valence-electron chi connectivity index (χ0n) is 17.4. The molecule has 1 aliphatic heterocycles. The molecule has 2 aliphatic rings. The second-order valence-corrected chi connectivity index (χ2v) is 8.75. The number of nitrogens with zero attached hydrogens (tertiary/aromatic N) is 3. The summed E-state index contributed by atoms with van der Waals surface area (Å²) < 4.78 is 7.85. The molecule has 1 saturated heterocycles. The predicted octanol–water partition coefficient (Wildman–Crippen LogP) is 3.86. The van der Waals surface area contributed by atoms with Gasteiger partial charge in [-0.05, 0) is 42.5 Å². The number of fused-ring (bicyclic) bond motifs is 1. The quantitative estimate of drug-likeness (QED) is 0.665. The van der Waals surface area contributed by atoms with Crippen LogP contribution in [0.4, 0.5) is 0 Å². The van der Waals surface area contributed by atoms with Crippen LogP contribution < -0.4 is 0 Å². The van der Waals surface area contributed by atoms with Crippen LogP contribution in [-0.4, -0.2) is 46.7 Å². The Morgan fingerprint density at radius 2 is 1.93 bits per heavy atom. The van der Waals surface area contributed by atoms with Crippen LogP contribution >= 0.6 is 0 Å². The Morgan fingerprint density at radius 1 is 1.10 bits per heavy atom. The van der Waals surface area contributed by atoms with E-state index in [9.17, 15) is 4.79 Å². The molecule has 0 bridgehead atoms. The van der Waals surface area contributed by atoms with Crippen molar-refractivity contribution in [2.75, 3.05) is 26.3 Å². The second kappa shape index (κ2) is 8.23. The summed E-state index contributed by atoms with van der Waals surface area (Å²) >= 11 is 0. The van der Waals surface area contributed by atoms with Gasteiger partial charge in [0.1, 0.15) is 0 Å². The molecule has 0 spiro atoms. The Labute approximate surface area is 177 Å². The smallest absolute Gasteiger partial charge is 0.233 e. The van der Waals surface area contributed by atoms with Gasteiger partial charge >= 0.3 is 0 Å². The fourth-order valence-electron chi connectivity index (χ4n) is 5.35. The molecule has 1 saturated carbocycles. The highest BCUT2D eigenvalue weighted by Crippen LogP contribution is 2.43. The first-order valence-corrected chi connectivity index (χ1v) is 11.1. The Kier molecular flexibility index (Phi) is 5.30. The molecule has 3 aromatic rings. The highest BCUT2D eigenvalue weighted by Gasteiger charge is 2.45. The number of aromatic nitrogens is 2. The first kappa shape index (κ1) is 19.3. The average molecular weight is 404 g/mol. The van der Waals surface area contributed by atoms with Crippen LogP contribution in [0.1, 0.15) is 36.8 Å². The zero-order chi connectivity index (χ0) is 20.4. The van der Waals surface area contributed by atoms with Crippen molar-refractivity contribution in [2.45, 2.75) is 37.5 Å². The summed E-state index contributed by atoms with van der Waals surface area (Å²) in [7, 11) is 0. The first-order chi connectivity index (χ1) is 14.8. The summed E-state index contributed by atoms with van der Waals surface area (Å²) in [5, 5.41) is 4.35. The molecule has 156 valence electrons. The van der Waals surface area contributed by atoms with Crippen molar-refractivity contribution in [3.05, 3.63) is 72.1 Å². The highest BCUT2D eigenvalue weighted by molar-refractivity contribution is 5.88. The number of ether oxygens (including phenoxy) is 1. The molecule has 5 heteroatoms. The minimum atomic E-state index is -0.360. The van der Waals surface area contributed by atoms with E-state index in [1.165, 1.54) is 11.1 Å². The standard InChI is InChI=1S/C25H29N3O2/c29-24(25(11-4-5-12-25)22-8-2-1-3-9-22)27-15-16-30-19-20(18-27)17-21-7-6-14-28-23(21)10-13-26-28/h1-3,6-10,13-14,20H,4-5,11-12,15-19H2/t20-/m1/s1. The summed E-state index contributed by atoms with van der Waals surface area (Å²) in [5.41, 5.74) is 3.22. The minimum absolute atomic E-state index is 0.284. The zero-order valence-corrected chi connectivity index (χ0v) is 17.4. The van der Waals surface area contributed by atoms with Crippen molar-refractivity contribution in [3.63, 3.8) is 0 Å². The van der Waals surface area contributed by atoms with Crippen LogP contribution in [0.5, 0.6) is 0 Å². The van der Waals surface area contributed by atoms with Crippen molar-refractivity contribution in [1.29, 1.82) is 0 Å². The number of amides is 1. The van der Waals surface area contributed by atoms with Gasteiger partial charge in [0.2, 0.25) is 5.91 Å². The maximum atomic E-state index is 13.9. The van der Waals surface area contributed by atoms with Gasteiger partial charge in [-0.3, -0.25) is 4.79 Å². The highest BCUT2D eigenvalue weighted by atomic mass is 16.5. The van der Waals surface area contributed by atoms with Crippen molar-refractivity contribution in [1.82, 2.24) is 14.5 Å². The maximum Gasteiger partial charge on any atom is 0.233 e. The lowest BCUT2D eigenvalue weighted by atomic mass is 9.77. The summed E-state index contributed by atoms with van der Waals surface area (Å²) in [6.45, 7) is 2.74. The van der Waals surface area contributed by atoms with E-state index < -0.39 is 0 Å². The van der Waals surface area contributed by atoms with Gasteiger partial charge in [-0.15, -0.1) is 0 Å². The minimum Gasteiger partial charge on any atom is -0.379 e. The van der Waals surface area contributed by atoms with Crippen LogP contribution in [-0.2, 0) is 21.4 Å². The third-order valence-electron chi connectivity index (χ3n) is 6.85. The SMILES string of the molecule is O=C(N1CCOC[C@H](Cc2cccn3nccc23)C1)C1(c2ccccc2)CCCC1. The molecule has 0 unspecified atom stereocenters. The molecule has 2 fully saturated rings. The van der Waals surface area contributed by atoms with E-state index in [0.29, 0.717) is 25.7 Å². The monoisotopic (exact) mass is 403 g/mol. The van der Waals surface area contributed by atoms with E-state index in [1.54, 1.807) is 0 Å². The van der Waals surface area contributed by atoms with Crippen molar-refractivity contribution < 1.29 is 9.53 Å². The number of pyridine rings is 1. The van der Waals surface area contributed by atoms with Crippen molar-refractivity contribution >= 4 is 11.4 Å². The molecule has 5 rings (SSSR count). The Hall–Kier alpha value is -2.66. The molecule has 30 heavy (non-hydrogen) atoms. The second-order valence-electron chi connectivity index (χ2n) is 8.75. The number of carbonyl (C=O) groups is 1. The largest absolute Gasteiger partial charge is 0.379 e. The summed E-state index contributed by atoms with van der Waals surface area (Å²) in [6, 6.07) is 16.7. The van der Waals surface area contributed by atoms with Crippen LogP contribution in [0.2, 0.25) is 0 Å². The average Bonchev–Trinajstić information content (AvgIpc) is 3.41. The van der Waals surface area contributed by atoms with E-state index in [2.05, 4.69) is 46.4 Å². The molecule has 1 atom stereocenters. The fraction of sp³-hybridized carbons (Fsp3) is 0.440. The van der Waals surface area contributed by atoms with Gasteiger partial charge in [-0.2, -0.15) is 5.10 Å². The fourth-order valence-corrected chi connectivity index (χ4v) is 5.35. The first-order valence-electron chi connectivity index (χ1n) is 11.1. The number of hydrogen-bond acceptors (Lipinski definition) is 3. The van der Waals surface area contributed by atoms with E-state index in [4.69, 9.17) is 4.74 Å². The third-order valence-corrected chi connectivity index (χ3v) is 6.85. The molecule has 2 aromatic heterocycles. The molecule has 1 aliphatic carbocycles. The van der Waals surface area contributed by atoms with Gasteiger partial charge in [0.25, 0.3) is 0 Å². The lowest BCUT2D eigenvalue weighted by molar-refractivity contribution is -0.137. The Balaban J connectivity index is 1.39. The van der Waals surface area contributed by atoms with E-state index >= 15 is 0 Å². The summed E-state index contributed by atoms with van der Waals surface area (Å²) in [5.74, 6) is 0.580. The van der Waals surface area contributed by atoms with Gasteiger partial charge < -0.3 is 9.64 Å². The normalized spacial score (nSPS) is 21.6. The number of carbonyl (C=O) groups excluding carboxylic acids is 1. The van der Waals surface area contributed by atoms with Crippen LogP contribution in [0, 0.1) is 5.92 Å². The van der Waals surface area contributed by atoms with Gasteiger partial charge in [-0.1, -0.05) is 49.2 Å². The molecule has 3 heterocycles. The number of benzene rings is 1. The van der Waals surface area contributed by atoms with Crippen LogP contribution in [0.25, 0.3) is 5.52 Å². The summed E-state index contributed by atoms with van der Waals surface area (Å²) in [6.07, 6.45) is 8.84. The molecule has 1 aromatic carbocycles. The van der Waals surface area contributed by atoms with E-state index in [1.807, 2.05) is 29.0 Å². The van der Waals surface area contributed by atoms with Gasteiger partial charge in [0.05, 0.1) is 24.1 Å². The topological polar surface area (TPSA) is 46.8 Å².